The number of carbonyl (C=O) groups excluding carboxylic acids is 2. The summed E-state index contributed by atoms with van der Waals surface area (Å²) in [6.07, 6.45) is 6.15. The molecule has 1 unspecified atom stereocenters. The first-order valence-corrected chi connectivity index (χ1v) is 11.7. The molecule has 7 nitrogen and oxygen atoms in total. The quantitative estimate of drug-likeness (QED) is 0.733. The van der Waals surface area contributed by atoms with Crippen LogP contribution < -0.4 is 10.2 Å². The van der Waals surface area contributed by atoms with E-state index in [1.807, 2.05) is 0 Å². The Labute approximate surface area is 194 Å². The third kappa shape index (κ3) is 4.80. The van der Waals surface area contributed by atoms with Crippen LogP contribution in [0.25, 0.3) is 0 Å². The monoisotopic (exact) mass is 455 g/mol. The third-order valence-electron chi connectivity index (χ3n) is 6.34. The van der Waals surface area contributed by atoms with Crippen molar-refractivity contribution >= 4 is 40.6 Å². The maximum atomic E-state index is 13.8. The molecule has 0 aliphatic carbocycles. The van der Waals surface area contributed by atoms with E-state index < -0.39 is 0 Å². The largest absolute Gasteiger partial charge is 0.319 e. The molecular weight excluding hydrogens is 426 g/mol. The fourth-order valence-corrected chi connectivity index (χ4v) is 4.66. The number of hydrogen-bond donors (Lipinski definition) is 1. The fourth-order valence-electron chi connectivity index (χ4n) is 4.50. The number of rotatable bonds is 5. The molecule has 8 heteroatoms. The van der Waals surface area contributed by atoms with Crippen molar-refractivity contribution in [3.63, 3.8) is 0 Å². The molecule has 3 heterocycles. The van der Waals surface area contributed by atoms with Gasteiger partial charge in [-0.3, -0.25) is 19.4 Å². The first-order chi connectivity index (χ1) is 15.5. The summed E-state index contributed by atoms with van der Waals surface area (Å²) in [7, 11) is 2.12. The topological polar surface area (TPSA) is 68.8 Å². The second-order valence-corrected chi connectivity index (χ2v) is 8.98. The van der Waals surface area contributed by atoms with Gasteiger partial charge in [-0.2, -0.15) is 0 Å². The van der Waals surface area contributed by atoms with Crippen LogP contribution >= 0.6 is 11.6 Å². The van der Waals surface area contributed by atoms with Crippen molar-refractivity contribution < 1.29 is 9.59 Å². The Morgan fingerprint density at radius 2 is 2.12 bits per heavy atom. The lowest BCUT2D eigenvalue weighted by molar-refractivity contribution is -0.119. The summed E-state index contributed by atoms with van der Waals surface area (Å²) in [5, 5.41) is 3.34. The Bertz CT molecular complexity index is 998. The van der Waals surface area contributed by atoms with Crippen LogP contribution in [0, 0.1) is 0 Å². The number of nitrogens with zero attached hydrogens (tertiary/aromatic N) is 4. The maximum absolute atomic E-state index is 13.8. The smallest absolute Gasteiger partial charge is 0.257 e. The van der Waals surface area contributed by atoms with Crippen LogP contribution in [0.3, 0.4) is 0 Å². The molecule has 1 atom stereocenters. The Hall–Kier alpha value is -2.48. The SMILES string of the molecule is CCN(C)CC1CCCCCN1CC(=O)N1c2cc(Cl)ccc2C(=O)Nc2cccnc21. The summed E-state index contributed by atoms with van der Waals surface area (Å²) in [6, 6.07) is 8.82. The number of fused-ring (bicyclic) bond motifs is 2. The lowest BCUT2D eigenvalue weighted by Gasteiger charge is -2.34. The average molecular weight is 456 g/mol. The maximum Gasteiger partial charge on any atom is 0.257 e. The van der Waals surface area contributed by atoms with Crippen LogP contribution in [0.15, 0.2) is 36.5 Å². The molecule has 1 saturated heterocycles. The molecule has 1 aromatic carbocycles. The van der Waals surface area contributed by atoms with Crippen LogP contribution in [-0.4, -0.2) is 65.9 Å². The highest BCUT2D eigenvalue weighted by Crippen LogP contribution is 2.37. The van der Waals surface area contributed by atoms with E-state index in [2.05, 4.69) is 34.1 Å². The minimum Gasteiger partial charge on any atom is -0.319 e. The average Bonchev–Trinajstić information content (AvgIpc) is 3.06. The van der Waals surface area contributed by atoms with Crippen molar-refractivity contribution in [2.45, 2.75) is 38.6 Å². The van der Waals surface area contributed by atoms with Gasteiger partial charge < -0.3 is 10.2 Å². The molecule has 4 rings (SSSR count). The van der Waals surface area contributed by atoms with Crippen LogP contribution in [0.4, 0.5) is 17.2 Å². The van der Waals surface area contributed by atoms with Crippen molar-refractivity contribution in [3.8, 4) is 0 Å². The highest BCUT2D eigenvalue weighted by atomic mass is 35.5. The number of anilines is 3. The lowest BCUT2D eigenvalue weighted by atomic mass is 10.1. The molecule has 1 N–H and O–H groups in total. The van der Waals surface area contributed by atoms with Crippen molar-refractivity contribution in [3.05, 3.63) is 47.1 Å². The Morgan fingerprint density at radius 3 is 2.94 bits per heavy atom. The number of hydrogen-bond acceptors (Lipinski definition) is 5. The summed E-state index contributed by atoms with van der Waals surface area (Å²) < 4.78 is 0. The Kier molecular flexibility index (Phi) is 7.08. The van der Waals surface area contributed by atoms with Gasteiger partial charge in [0.05, 0.1) is 23.5 Å². The van der Waals surface area contributed by atoms with Gasteiger partial charge in [0.25, 0.3) is 5.91 Å². The van der Waals surface area contributed by atoms with E-state index in [1.165, 1.54) is 12.8 Å². The van der Waals surface area contributed by atoms with Crippen LogP contribution in [0.2, 0.25) is 5.02 Å². The van der Waals surface area contributed by atoms with Gasteiger partial charge in [0.1, 0.15) is 0 Å². The fraction of sp³-hybridized carbons (Fsp3) is 0.458. The van der Waals surface area contributed by atoms with E-state index in [0.717, 1.165) is 32.5 Å². The zero-order valence-electron chi connectivity index (χ0n) is 18.7. The van der Waals surface area contributed by atoms with Crippen molar-refractivity contribution in [1.29, 1.82) is 0 Å². The van der Waals surface area contributed by atoms with Gasteiger partial charge in [-0.25, -0.2) is 4.98 Å². The molecule has 0 bridgehead atoms. The van der Waals surface area contributed by atoms with E-state index in [-0.39, 0.29) is 18.4 Å². The van der Waals surface area contributed by atoms with Gasteiger partial charge in [0.2, 0.25) is 5.91 Å². The number of pyridine rings is 1. The minimum atomic E-state index is -0.279. The van der Waals surface area contributed by atoms with Crippen molar-refractivity contribution in [1.82, 2.24) is 14.8 Å². The third-order valence-corrected chi connectivity index (χ3v) is 6.58. The van der Waals surface area contributed by atoms with E-state index in [0.29, 0.717) is 33.8 Å². The predicted octanol–water partition coefficient (Wildman–Crippen LogP) is 4.16. The van der Waals surface area contributed by atoms with Gasteiger partial charge in [-0.15, -0.1) is 0 Å². The van der Waals surface area contributed by atoms with Gasteiger partial charge in [0.15, 0.2) is 5.82 Å². The zero-order valence-corrected chi connectivity index (χ0v) is 19.4. The minimum absolute atomic E-state index is 0.115. The van der Waals surface area contributed by atoms with E-state index in [9.17, 15) is 9.59 Å². The van der Waals surface area contributed by atoms with E-state index in [1.54, 1.807) is 41.4 Å². The summed E-state index contributed by atoms with van der Waals surface area (Å²) in [4.78, 5) is 37.3. The summed E-state index contributed by atoms with van der Waals surface area (Å²) in [5.41, 5.74) is 1.38. The second kappa shape index (κ2) is 9.98. The molecule has 0 saturated carbocycles. The van der Waals surface area contributed by atoms with E-state index in [4.69, 9.17) is 11.6 Å². The normalized spacial score (nSPS) is 19.1. The van der Waals surface area contributed by atoms with Crippen molar-refractivity contribution in [2.24, 2.45) is 0 Å². The first kappa shape index (κ1) is 22.7. The van der Waals surface area contributed by atoms with E-state index >= 15 is 0 Å². The molecule has 0 radical (unpaired) electrons. The number of likely N-dealkylation sites (N-methyl/N-ethyl adjacent to an activating group) is 1. The number of aromatic nitrogens is 1. The molecule has 2 aromatic rings. The zero-order chi connectivity index (χ0) is 22.7. The number of halogens is 1. The summed E-state index contributed by atoms with van der Waals surface area (Å²) >= 11 is 6.28. The standard InChI is InChI=1S/C24H30ClN5O2/c1-3-28(2)15-18-8-5-4-6-13-29(18)16-22(31)30-21-14-17(25)10-11-19(21)24(32)27-20-9-7-12-26-23(20)30/h7,9-12,14,18H,3-6,8,13,15-16H2,1-2H3,(H,27,32). The van der Waals surface area contributed by atoms with Gasteiger partial charge in [0, 0.05) is 23.8 Å². The highest BCUT2D eigenvalue weighted by Gasteiger charge is 2.33. The van der Waals surface area contributed by atoms with Gasteiger partial charge in [-0.05, 0) is 63.3 Å². The molecule has 32 heavy (non-hydrogen) atoms. The number of carbonyl (C=O) groups is 2. The molecule has 2 aliphatic rings. The van der Waals surface area contributed by atoms with Gasteiger partial charge in [-0.1, -0.05) is 31.4 Å². The lowest BCUT2D eigenvalue weighted by Crippen LogP contribution is -2.47. The number of benzene rings is 1. The predicted molar refractivity (Wildman–Crippen MR) is 128 cm³/mol. The Morgan fingerprint density at radius 1 is 1.28 bits per heavy atom. The highest BCUT2D eigenvalue weighted by molar-refractivity contribution is 6.31. The van der Waals surface area contributed by atoms with Crippen LogP contribution in [-0.2, 0) is 4.79 Å². The summed E-state index contributed by atoms with van der Waals surface area (Å²) in [5.74, 6) is 0.0263. The molecule has 2 amide bonds. The number of amides is 2. The number of likely N-dealkylation sites (tertiary alicyclic amines) is 1. The molecule has 1 aromatic heterocycles. The van der Waals surface area contributed by atoms with Crippen molar-refractivity contribution in [2.75, 3.05) is 43.4 Å². The second-order valence-electron chi connectivity index (χ2n) is 8.55. The molecule has 1 fully saturated rings. The molecule has 2 aliphatic heterocycles. The Balaban J connectivity index is 1.70. The summed E-state index contributed by atoms with van der Waals surface area (Å²) in [6.45, 7) is 5.20. The first-order valence-electron chi connectivity index (χ1n) is 11.3. The molecule has 170 valence electrons. The molecule has 0 spiro atoms. The molecular formula is C24H30ClN5O2. The van der Waals surface area contributed by atoms with Crippen LogP contribution in [0.1, 0.15) is 43.0 Å². The number of nitrogens with one attached hydrogen (secondary N) is 1. The van der Waals surface area contributed by atoms with Gasteiger partial charge >= 0.3 is 0 Å². The van der Waals surface area contributed by atoms with Crippen LogP contribution in [0.5, 0.6) is 0 Å².